The van der Waals surface area contributed by atoms with Gasteiger partial charge in [0.05, 0.1) is 28.9 Å². The van der Waals surface area contributed by atoms with E-state index >= 15 is 0 Å². The zero-order valence-electron chi connectivity index (χ0n) is 16.8. The molecule has 0 spiro atoms. The zero-order chi connectivity index (χ0) is 21.1. The fourth-order valence-electron chi connectivity index (χ4n) is 2.93. The Kier molecular flexibility index (Phi) is 5.91. The van der Waals surface area contributed by atoms with Gasteiger partial charge in [-0.2, -0.15) is 9.98 Å². The van der Waals surface area contributed by atoms with Crippen LogP contribution >= 0.6 is 22.7 Å². The van der Waals surface area contributed by atoms with Gasteiger partial charge in [-0.25, -0.2) is 4.99 Å². The summed E-state index contributed by atoms with van der Waals surface area (Å²) in [7, 11) is 1.65. The van der Waals surface area contributed by atoms with E-state index in [0.717, 1.165) is 16.1 Å². The van der Waals surface area contributed by atoms with Gasteiger partial charge in [-0.1, -0.05) is 17.4 Å². The predicted octanol–water partition coefficient (Wildman–Crippen LogP) is 3.06. The van der Waals surface area contributed by atoms with Gasteiger partial charge in [0.15, 0.2) is 5.13 Å². The lowest BCUT2D eigenvalue weighted by Crippen LogP contribution is -2.27. The van der Waals surface area contributed by atoms with Gasteiger partial charge < -0.3 is 15.2 Å². The normalized spacial score (nSPS) is 15.0. The van der Waals surface area contributed by atoms with E-state index in [1.54, 1.807) is 18.4 Å². The summed E-state index contributed by atoms with van der Waals surface area (Å²) in [5.41, 5.74) is 2.05. The van der Waals surface area contributed by atoms with Crippen LogP contribution in [-0.4, -0.2) is 35.6 Å². The van der Waals surface area contributed by atoms with Crippen LogP contribution in [-0.2, 0) is 11.3 Å². The summed E-state index contributed by atoms with van der Waals surface area (Å²) in [6.07, 6.45) is 1.89. The van der Waals surface area contributed by atoms with Crippen molar-refractivity contribution in [2.75, 3.05) is 19.0 Å². The number of guanidine groups is 1. The van der Waals surface area contributed by atoms with Crippen molar-refractivity contribution in [3.8, 4) is 5.88 Å². The minimum absolute atomic E-state index is 0.00640. The van der Waals surface area contributed by atoms with Crippen LogP contribution in [0.15, 0.2) is 44.6 Å². The van der Waals surface area contributed by atoms with Crippen LogP contribution in [0.4, 0.5) is 5.13 Å². The average Bonchev–Trinajstić information content (AvgIpc) is 3.31. The molecule has 1 aliphatic heterocycles. The van der Waals surface area contributed by atoms with E-state index in [9.17, 15) is 5.11 Å². The Labute approximate surface area is 181 Å². The molecule has 3 aromatic rings. The van der Waals surface area contributed by atoms with Gasteiger partial charge in [-0.05, 0) is 54.3 Å². The Hall–Kier alpha value is -3.04. The molecular weight excluding hydrogens is 418 g/mol. The first kappa shape index (κ1) is 20.2. The van der Waals surface area contributed by atoms with Gasteiger partial charge in [0, 0.05) is 11.9 Å². The lowest BCUT2D eigenvalue weighted by molar-refractivity contribution is 0.328. The quantitative estimate of drug-likeness (QED) is 0.639. The number of hydrogen-bond acceptors (Lipinski definition) is 7. The van der Waals surface area contributed by atoms with Crippen molar-refractivity contribution in [1.29, 1.82) is 0 Å². The molecule has 30 heavy (non-hydrogen) atoms. The number of aliphatic imine (C=N–C) groups is 2. The summed E-state index contributed by atoms with van der Waals surface area (Å²) in [6.45, 7) is 5.18. The molecule has 0 unspecified atom stereocenters. The summed E-state index contributed by atoms with van der Waals surface area (Å²) in [5.74, 6) is 0.895. The maximum atomic E-state index is 10.3. The standard InChI is InChI=1S/C21H21N5O2S2/c1-4-28-19-14-9-13(5-6-15(14)24-20(22-3)26-19)10-16-18(27)25-21(30-16)23-11-17-12(2)7-8-29-17/h5-10,27H,4,11H2,1-3H3,(H,23,25)/b13-10-,22-20?. The molecule has 3 heterocycles. The number of thiazole rings is 1. The monoisotopic (exact) mass is 439 g/mol. The second-order valence-corrected chi connectivity index (χ2v) is 8.52. The van der Waals surface area contributed by atoms with Crippen molar-refractivity contribution in [3.63, 3.8) is 0 Å². The summed E-state index contributed by atoms with van der Waals surface area (Å²) >= 11 is 3.11. The van der Waals surface area contributed by atoms with Crippen molar-refractivity contribution < 1.29 is 9.84 Å². The molecule has 2 aromatic heterocycles. The number of rotatable bonds is 5. The predicted molar refractivity (Wildman–Crippen MR) is 122 cm³/mol. The van der Waals surface area contributed by atoms with Gasteiger partial charge in [-0.15, -0.1) is 11.3 Å². The van der Waals surface area contributed by atoms with E-state index in [1.807, 2.05) is 31.2 Å². The highest BCUT2D eigenvalue weighted by Crippen LogP contribution is 2.29. The van der Waals surface area contributed by atoms with E-state index < -0.39 is 0 Å². The summed E-state index contributed by atoms with van der Waals surface area (Å²) in [4.78, 5) is 19.0. The molecule has 154 valence electrons. The van der Waals surface area contributed by atoms with Gasteiger partial charge in [0.25, 0.3) is 0 Å². The number of aryl methyl sites for hydroxylation is 1. The third-order valence-corrected chi connectivity index (χ3v) is 6.43. The van der Waals surface area contributed by atoms with Gasteiger partial charge in [-0.3, -0.25) is 4.99 Å². The number of aromatic nitrogens is 1. The second-order valence-electron chi connectivity index (χ2n) is 6.49. The molecule has 0 aliphatic carbocycles. The summed E-state index contributed by atoms with van der Waals surface area (Å²) < 4.78 is 5.68. The number of benzene rings is 1. The average molecular weight is 440 g/mol. The highest BCUT2D eigenvalue weighted by molar-refractivity contribution is 7.16. The van der Waals surface area contributed by atoms with Crippen LogP contribution < -0.4 is 15.9 Å². The first-order valence-corrected chi connectivity index (χ1v) is 11.1. The number of ether oxygens (including phenoxy) is 1. The Morgan fingerprint density at radius 2 is 2.13 bits per heavy atom. The van der Waals surface area contributed by atoms with Crippen LogP contribution in [0, 0.1) is 6.92 Å². The number of aromatic hydroxyl groups is 1. The maximum absolute atomic E-state index is 10.3. The van der Waals surface area contributed by atoms with Crippen molar-refractivity contribution in [1.82, 2.24) is 4.98 Å². The third kappa shape index (κ3) is 4.27. The maximum Gasteiger partial charge on any atom is 0.248 e. The van der Waals surface area contributed by atoms with Crippen LogP contribution in [0.25, 0.3) is 6.08 Å². The zero-order valence-corrected chi connectivity index (χ0v) is 18.5. The molecule has 0 atom stereocenters. The largest absolute Gasteiger partial charge is 0.492 e. The molecule has 1 aliphatic rings. The molecule has 0 saturated carbocycles. The van der Waals surface area contributed by atoms with Gasteiger partial charge >= 0.3 is 0 Å². The fraction of sp³-hybridized carbons (Fsp3) is 0.238. The Morgan fingerprint density at radius 1 is 1.27 bits per heavy atom. The Bertz CT molecular complexity index is 1260. The molecule has 4 rings (SSSR count). The minimum atomic E-state index is 0.00640. The number of nitrogens with one attached hydrogen (secondary N) is 1. The molecule has 7 nitrogen and oxygen atoms in total. The first-order valence-electron chi connectivity index (χ1n) is 9.43. The highest BCUT2D eigenvalue weighted by atomic mass is 32.1. The Morgan fingerprint density at radius 3 is 2.87 bits per heavy atom. The summed E-state index contributed by atoms with van der Waals surface area (Å²) in [5, 5.41) is 18.0. The molecule has 0 saturated heterocycles. The van der Waals surface area contributed by atoms with Crippen molar-refractivity contribution in [2.45, 2.75) is 20.4 Å². The lowest BCUT2D eigenvalue weighted by atomic mass is 10.1. The Balaban J connectivity index is 1.63. The van der Waals surface area contributed by atoms with Crippen molar-refractivity contribution in [2.24, 2.45) is 15.0 Å². The lowest BCUT2D eigenvalue weighted by Gasteiger charge is -2.11. The molecule has 9 heteroatoms. The molecule has 0 fully saturated rings. The van der Waals surface area contributed by atoms with E-state index in [-0.39, 0.29) is 5.88 Å². The van der Waals surface area contributed by atoms with E-state index in [4.69, 9.17) is 4.74 Å². The molecule has 0 radical (unpaired) electrons. The third-order valence-electron chi connectivity index (χ3n) is 4.45. The van der Waals surface area contributed by atoms with Crippen LogP contribution in [0.1, 0.15) is 27.8 Å². The fourth-order valence-corrected chi connectivity index (χ4v) is 4.59. The smallest absolute Gasteiger partial charge is 0.248 e. The highest BCUT2D eigenvalue weighted by Gasteiger charge is 2.15. The van der Waals surface area contributed by atoms with Crippen molar-refractivity contribution in [3.05, 3.63) is 61.1 Å². The number of nitrogens with zero attached hydrogens (tertiary/aromatic N) is 4. The molecule has 1 aromatic carbocycles. The number of fused-ring (bicyclic) bond motifs is 1. The topological polar surface area (TPSA) is 91.5 Å². The van der Waals surface area contributed by atoms with Gasteiger partial charge in [0.1, 0.15) is 0 Å². The molecule has 0 amide bonds. The van der Waals surface area contributed by atoms with E-state index in [1.165, 1.54) is 21.8 Å². The second kappa shape index (κ2) is 8.76. The van der Waals surface area contributed by atoms with E-state index in [2.05, 4.69) is 43.6 Å². The molecule has 0 bridgehead atoms. The van der Waals surface area contributed by atoms with Crippen LogP contribution in [0.5, 0.6) is 5.88 Å². The van der Waals surface area contributed by atoms with Gasteiger partial charge in [0.2, 0.25) is 17.7 Å². The SMILES string of the molecule is CCOC1=NC(=NC)N=c2cc/c(=C/c3sc(NCc4sccc4C)nc3O)cc21. The van der Waals surface area contributed by atoms with Crippen LogP contribution in [0.3, 0.4) is 0 Å². The van der Waals surface area contributed by atoms with E-state index in [0.29, 0.717) is 35.0 Å². The number of hydrogen-bond donors (Lipinski definition) is 2. The van der Waals surface area contributed by atoms with Crippen LogP contribution in [0.2, 0.25) is 0 Å². The number of anilines is 1. The molecule has 2 N–H and O–H groups in total. The van der Waals surface area contributed by atoms with Crippen molar-refractivity contribution >= 4 is 45.7 Å². The molecular formula is C21H21N5O2S2. The number of thiophene rings is 1. The minimum Gasteiger partial charge on any atom is -0.492 e. The summed E-state index contributed by atoms with van der Waals surface area (Å²) in [6, 6.07) is 7.88. The first-order chi connectivity index (χ1) is 14.6.